The van der Waals surface area contributed by atoms with Crippen LogP contribution in [0.5, 0.6) is 0 Å². The van der Waals surface area contributed by atoms with Crippen molar-refractivity contribution in [2.45, 2.75) is 71.1 Å². The molecule has 1 aliphatic heterocycles. The molecule has 1 aromatic heterocycles. The third kappa shape index (κ3) is 5.66. The number of alkyl halides is 3. The van der Waals surface area contributed by atoms with Crippen LogP contribution >= 0.6 is 0 Å². The number of amides is 2. The van der Waals surface area contributed by atoms with E-state index >= 15 is 0 Å². The van der Waals surface area contributed by atoms with Gasteiger partial charge < -0.3 is 0 Å². The largest absolute Gasteiger partial charge is 0.408 e. The molecule has 0 fully saturated rings. The summed E-state index contributed by atoms with van der Waals surface area (Å²) in [5, 5.41) is 3.70. The Labute approximate surface area is 183 Å². The van der Waals surface area contributed by atoms with Crippen molar-refractivity contribution in [3.63, 3.8) is 0 Å². The van der Waals surface area contributed by atoms with Gasteiger partial charge in [-0.3, -0.25) is 19.1 Å². The number of unbranched alkanes of at least 4 members (excludes halogenated alkanes) is 6. The Morgan fingerprint density at radius 3 is 1.84 bits per heavy atom. The fraction of sp³-hybridized carbons (Fsp3) is 0.545. The smallest absolute Gasteiger partial charge is 0.279 e. The number of benzene rings is 1. The Kier molecular flexibility index (Phi) is 7.52. The lowest BCUT2D eigenvalue weighted by Gasteiger charge is -2.13. The molecule has 0 aliphatic carbocycles. The van der Waals surface area contributed by atoms with Gasteiger partial charge >= 0.3 is 11.9 Å². The van der Waals surface area contributed by atoms with E-state index in [0.717, 1.165) is 38.5 Å². The van der Waals surface area contributed by atoms with Gasteiger partial charge in [0, 0.05) is 13.1 Å². The summed E-state index contributed by atoms with van der Waals surface area (Å²) < 4.78 is 39.2. The van der Waals surface area contributed by atoms with E-state index in [1.165, 1.54) is 16.4 Å². The van der Waals surface area contributed by atoms with E-state index in [9.17, 15) is 27.6 Å². The quantitative estimate of drug-likeness (QED) is 0.382. The maximum atomic E-state index is 12.5. The fourth-order valence-corrected chi connectivity index (χ4v) is 3.95. The van der Waals surface area contributed by atoms with Crippen LogP contribution in [0.2, 0.25) is 0 Å². The number of carbonyl (C=O) groups is 2. The second kappa shape index (κ2) is 10.1. The Morgan fingerprint density at radius 2 is 1.31 bits per heavy atom. The van der Waals surface area contributed by atoms with Gasteiger partial charge in [0.15, 0.2) is 0 Å². The SMILES string of the molecule is Cc1nn(CC(F)(F)F)c(=O)n1CCCCCCCCCN1C(=O)c2ccccc2C1=O. The summed E-state index contributed by atoms with van der Waals surface area (Å²) in [5.41, 5.74) is 0.208. The first-order valence-corrected chi connectivity index (χ1v) is 10.9. The number of fused-ring (bicyclic) bond motifs is 1. The summed E-state index contributed by atoms with van der Waals surface area (Å²) in [6, 6.07) is 6.85. The lowest BCUT2D eigenvalue weighted by atomic mass is 10.1. The maximum absolute atomic E-state index is 12.5. The molecule has 2 amide bonds. The summed E-state index contributed by atoms with van der Waals surface area (Å²) in [4.78, 5) is 38.0. The number of aryl methyl sites for hydroxylation is 1. The van der Waals surface area contributed by atoms with E-state index < -0.39 is 18.4 Å². The van der Waals surface area contributed by atoms with Crippen LogP contribution in [-0.4, -0.2) is 43.8 Å². The number of aromatic nitrogens is 3. The van der Waals surface area contributed by atoms with Gasteiger partial charge in [-0.05, 0) is 31.9 Å². The highest BCUT2D eigenvalue weighted by atomic mass is 19.4. The van der Waals surface area contributed by atoms with Gasteiger partial charge in [-0.2, -0.15) is 18.3 Å². The highest BCUT2D eigenvalue weighted by Crippen LogP contribution is 2.23. The standard InChI is InChI=1S/C22H27F3N4O3/c1-16-26-29(15-22(23,24)25)21(32)27(16)13-9-5-3-2-4-6-10-14-28-19(30)17-11-7-8-12-18(17)20(28)31/h7-8,11-12H,2-6,9-10,13-15H2,1H3. The van der Waals surface area contributed by atoms with Crippen LogP contribution in [0.3, 0.4) is 0 Å². The van der Waals surface area contributed by atoms with Crippen molar-refractivity contribution in [2.75, 3.05) is 6.54 Å². The molecule has 0 bridgehead atoms. The number of hydrogen-bond donors (Lipinski definition) is 0. The zero-order valence-corrected chi connectivity index (χ0v) is 18.0. The molecule has 32 heavy (non-hydrogen) atoms. The number of carbonyl (C=O) groups excluding carboxylic acids is 2. The zero-order valence-electron chi connectivity index (χ0n) is 18.0. The molecule has 1 aliphatic rings. The average Bonchev–Trinajstić information content (AvgIpc) is 3.13. The number of halogens is 3. The van der Waals surface area contributed by atoms with E-state index in [1.54, 1.807) is 24.3 Å². The molecule has 3 rings (SSSR count). The van der Waals surface area contributed by atoms with Gasteiger partial charge in [-0.15, -0.1) is 0 Å². The Bertz CT molecular complexity index is 991. The Balaban J connectivity index is 1.30. The topological polar surface area (TPSA) is 77.2 Å². The van der Waals surface area contributed by atoms with Crippen molar-refractivity contribution in [1.29, 1.82) is 0 Å². The molecule has 0 radical (unpaired) electrons. The Hall–Kier alpha value is -2.91. The van der Waals surface area contributed by atoms with Crippen LogP contribution in [0.1, 0.15) is 71.5 Å². The van der Waals surface area contributed by atoms with E-state index in [1.807, 2.05) is 0 Å². The molecule has 174 valence electrons. The summed E-state index contributed by atoms with van der Waals surface area (Å²) in [6.45, 7) is 0.918. The summed E-state index contributed by atoms with van der Waals surface area (Å²) in [7, 11) is 0. The molecule has 10 heteroatoms. The van der Waals surface area contributed by atoms with Gasteiger partial charge in [0.2, 0.25) is 0 Å². The molecule has 0 N–H and O–H groups in total. The van der Waals surface area contributed by atoms with Crippen LogP contribution in [0, 0.1) is 6.92 Å². The van der Waals surface area contributed by atoms with Crippen molar-refractivity contribution in [1.82, 2.24) is 19.2 Å². The minimum Gasteiger partial charge on any atom is -0.279 e. The highest BCUT2D eigenvalue weighted by Gasteiger charge is 2.34. The molecule has 7 nitrogen and oxygen atoms in total. The van der Waals surface area contributed by atoms with Crippen molar-refractivity contribution in [3.8, 4) is 0 Å². The lowest BCUT2D eigenvalue weighted by Crippen LogP contribution is -2.30. The molecular formula is C22H27F3N4O3. The van der Waals surface area contributed by atoms with Crippen LogP contribution in [0.15, 0.2) is 29.1 Å². The van der Waals surface area contributed by atoms with Crippen molar-refractivity contribution in [3.05, 3.63) is 51.7 Å². The monoisotopic (exact) mass is 452 g/mol. The first-order valence-electron chi connectivity index (χ1n) is 10.9. The molecule has 0 spiro atoms. The highest BCUT2D eigenvalue weighted by molar-refractivity contribution is 6.21. The van der Waals surface area contributed by atoms with Crippen molar-refractivity contribution >= 4 is 11.8 Å². The first kappa shape index (κ1) is 23.7. The Morgan fingerprint density at radius 1 is 0.812 bits per heavy atom. The van der Waals surface area contributed by atoms with E-state index in [0.29, 0.717) is 35.3 Å². The van der Waals surface area contributed by atoms with Gasteiger partial charge in [0.1, 0.15) is 12.4 Å². The van der Waals surface area contributed by atoms with E-state index in [4.69, 9.17) is 0 Å². The molecule has 0 saturated carbocycles. The summed E-state index contributed by atoms with van der Waals surface area (Å²) in [5.74, 6) is -0.170. The van der Waals surface area contributed by atoms with E-state index in [2.05, 4.69) is 5.10 Å². The maximum Gasteiger partial charge on any atom is 0.408 e. The first-order chi connectivity index (χ1) is 15.2. The minimum absolute atomic E-state index is 0.227. The normalized spacial score (nSPS) is 13.8. The predicted octanol–water partition coefficient (Wildman–Crippen LogP) is 3.94. The zero-order chi connectivity index (χ0) is 23.3. The average molecular weight is 452 g/mol. The van der Waals surface area contributed by atoms with Gasteiger partial charge in [0.05, 0.1) is 11.1 Å². The fourth-order valence-electron chi connectivity index (χ4n) is 3.95. The molecule has 0 unspecified atom stereocenters. The summed E-state index contributed by atoms with van der Waals surface area (Å²) in [6.07, 6.45) is 1.60. The molecular weight excluding hydrogens is 425 g/mol. The van der Waals surface area contributed by atoms with Gasteiger partial charge in [-0.25, -0.2) is 9.48 Å². The van der Waals surface area contributed by atoms with Gasteiger partial charge in [-0.1, -0.05) is 44.2 Å². The van der Waals surface area contributed by atoms with Crippen molar-refractivity contribution in [2.24, 2.45) is 0 Å². The number of imide groups is 1. The third-order valence-corrected chi connectivity index (χ3v) is 5.58. The third-order valence-electron chi connectivity index (χ3n) is 5.58. The van der Waals surface area contributed by atoms with Crippen LogP contribution in [-0.2, 0) is 13.1 Å². The van der Waals surface area contributed by atoms with Crippen LogP contribution < -0.4 is 5.69 Å². The number of nitrogens with zero attached hydrogens (tertiary/aromatic N) is 4. The predicted molar refractivity (Wildman–Crippen MR) is 111 cm³/mol. The second-order valence-electron chi connectivity index (χ2n) is 8.04. The van der Waals surface area contributed by atoms with Crippen LogP contribution in [0.4, 0.5) is 13.2 Å². The molecule has 0 saturated heterocycles. The number of hydrogen-bond acceptors (Lipinski definition) is 4. The number of rotatable bonds is 11. The van der Waals surface area contributed by atoms with Crippen LogP contribution in [0.25, 0.3) is 0 Å². The molecule has 0 atom stereocenters. The lowest BCUT2D eigenvalue weighted by molar-refractivity contribution is -0.143. The van der Waals surface area contributed by atoms with Gasteiger partial charge in [0.25, 0.3) is 11.8 Å². The second-order valence-corrected chi connectivity index (χ2v) is 8.04. The van der Waals surface area contributed by atoms with Crippen molar-refractivity contribution < 1.29 is 22.8 Å². The molecule has 2 heterocycles. The summed E-state index contributed by atoms with van der Waals surface area (Å²) >= 11 is 0. The minimum atomic E-state index is -4.48. The molecule has 1 aromatic carbocycles. The molecule has 2 aromatic rings. The van der Waals surface area contributed by atoms with E-state index in [-0.39, 0.29) is 17.6 Å².